The van der Waals surface area contributed by atoms with Crippen molar-refractivity contribution in [3.05, 3.63) is 47.9 Å². The number of aromatic nitrogens is 1. The van der Waals surface area contributed by atoms with E-state index < -0.39 is 0 Å². The molecule has 0 aliphatic rings. The molecule has 0 bridgehead atoms. The van der Waals surface area contributed by atoms with E-state index in [-0.39, 0.29) is 11.8 Å². The maximum atomic E-state index is 12.8. The largest absolute Gasteiger partial charge is 0.462 e. The Hall–Kier alpha value is -2.10. The minimum absolute atomic E-state index is 0.307. The van der Waals surface area contributed by atoms with E-state index in [1.807, 2.05) is 0 Å². The first kappa shape index (κ1) is 11.4. The molecule has 88 valence electrons. The Labute approximate surface area is 98.2 Å². The second-order valence-corrected chi connectivity index (χ2v) is 3.49. The summed E-state index contributed by atoms with van der Waals surface area (Å²) in [6, 6.07) is 7.58. The summed E-state index contributed by atoms with van der Waals surface area (Å²) in [6.45, 7) is 2.08. The average Bonchev–Trinajstić information content (AvgIpc) is 2.79. The van der Waals surface area contributed by atoms with Gasteiger partial charge in [-0.3, -0.25) is 0 Å². The lowest BCUT2D eigenvalue weighted by atomic mass is 10.1. The first-order valence-corrected chi connectivity index (χ1v) is 5.33. The number of hydrogen-bond acceptors (Lipinski definition) is 2. The first-order valence-electron chi connectivity index (χ1n) is 5.33. The van der Waals surface area contributed by atoms with E-state index in [1.54, 1.807) is 31.3 Å². The van der Waals surface area contributed by atoms with Crippen LogP contribution in [-0.2, 0) is 4.74 Å². The molecule has 4 heteroatoms. The lowest BCUT2D eigenvalue weighted by molar-refractivity contribution is 0.0527. The number of nitrogens with one attached hydrogen (secondary N) is 1. The van der Waals surface area contributed by atoms with Crippen LogP contribution in [0.3, 0.4) is 0 Å². The van der Waals surface area contributed by atoms with E-state index in [4.69, 9.17) is 4.74 Å². The molecular formula is C13H12FNO2. The fourth-order valence-electron chi connectivity index (χ4n) is 1.60. The van der Waals surface area contributed by atoms with E-state index in [0.29, 0.717) is 17.9 Å². The van der Waals surface area contributed by atoms with E-state index in [2.05, 4.69) is 4.98 Å². The van der Waals surface area contributed by atoms with E-state index in [9.17, 15) is 9.18 Å². The normalized spacial score (nSPS) is 10.2. The monoisotopic (exact) mass is 233 g/mol. The summed E-state index contributed by atoms with van der Waals surface area (Å²) in [7, 11) is 0. The summed E-state index contributed by atoms with van der Waals surface area (Å²) in [4.78, 5) is 14.6. The second-order valence-electron chi connectivity index (χ2n) is 3.49. The number of hydrogen-bond donors (Lipinski definition) is 1. The van der Waals surface area contributed by atoms with Crippen LogP contribution in [0.2, 0.25) is 0 Å². The van der Waals surface area contributed by atoms with Gasteiger partial charge in [0.25, 0.3) is 0 Å². The predicted octanol–water partition coefficient (Wildman–Crippen LogP) is 3.00. The van der Waals surface area contributed by atoms with Crippen molar-refractivity contribution >= 4 is 5.97 Å². The highest BCUT2D eigenvalue weighted by Gasteiger charge is 2.14. The van der Waals surface area contributed by atoms with Gasteiger partial charge in [0.15, 0.2) is 0 Å². The number of halogens is 1. The molecule has 0 saturated heterocycles. The Morgan fingerprint density at radius 1 is 1.29 bits per heavy atom. The highest BCUT2D eigenvalue weighted by atomic mass is 19.1. The zero-order valence-corrected chi connectivity index (χ0v) is 9.37. The van der Waals surface area contributed by atoms with Gasteiger partial charge in [0, 0.05) is 6.20 Å². The summed E-state index contributed by atoms with van der Waals surface area (Å²) in [5.74, 6) is -0.689. The SMILES string of the molecule is CCOC(=O)c1cc[nH]c1-c1ccc(F)cc1. The van der Waals surface area contributed by atoms with Gasteiger partial charge in [-0.05, 0) is 42.8 Å². The summed E-state index contributed by atoms with van der Waals surface area (Å²) in [5.41, 5.74) is 1.85. The molecular weight excluding hydrogens is 221 g/mol. The van der Waals surface area contributed by atoms with Crippen molar-refractivity contribution in [1.82, 2.24) is 4.98 Å². The van der Waals surface area contributed by atoms with E-state index in [0.717, 1.165) is 5.56 Å². The molecule has 2 aromatic rings. The predicted molar refractivity (Wildman–Crippen MR) is 62.1 cm³/mol. The number of carbonyl (C=O) groups excluding carboxylic acids is 1. The van der Waals surface area contributed by atoms with Crippen LogP contribution >= 0.6 is 0 Å². The summed E-state index contributed by atoms with van der Waals surface area (Å²) in [6.07, 6.45) is 1.66. The average molecular weight is 233 g/mol. The molecule has 0 unspecified atom stereocenters. The molecule has 0 spiro atoms. The molecule has 0 aliphatic carbocycles. The molecule has 17 heavy (non-hydrogen) atoms. The van der Waals surface area contributed by atoms with Crippen LogP contribution in [0.25, 0.3) is 11.3 Å². The van der Waals surface area contributed by atoms with Crippen LogP contribution in [-0.4, -0.2) is 17.6 Å². The zero-order valence-electron chi connectivity index (χ0n) is 9.37. The summed E-state index contributed by atoms with van der Waals surface area (Å²) in [5, 5.41) is 0. The third-order valence-electron chi connectivity index (χ3n) is 2.38. The molecule has 0 amide bonds. The van der Waals surface area contributed by atoms with Crippen molar-refractivity contribution in [2.24, 2.45) is 0 Å². The standard InChI is InChI=1S/C13H12FNO2/c1-2-17-13(16)11-7-8-15-12(11)9-3-5-10(14)6-4-9/h3-8,15H,2H2,1H3. The van der Waals surface area contributed by atoms with Gasteiger partial charge >= 0.3 is 5.97 Å². The van der Waals surface area contributed by atoms with Crippen molar-refractivity contribution in [3.8, 4) is 11.3 Å². The van der Waals surface area contributed by atoms with Crippen LogP contribution in [0.1, 0.15) is 17.3 Å². The van der Waals surface area contributed by atoms with Gasteiger partial charge in [0.2, 0.25) is 0 Å². The maximum absolute atomic E-state index is 12.8. The van der Waals surface area contributed by atoms with Crippen molar-refractivity contribution in [3.63, 3.8) is 0 Å². The van der Waals surface area contributed by atoms with Crippen LogP contribution in [0, 0.1) is 5.82 Å². The van der Waals surface area contributed by atoms with Crippen molar-refractivity contribution < 1.29 is 13.9 Å². The molecule has 3 nitrogen and oxygen atoms in total. The number of benzene rings is 1. The van der Waals surface area contributed by atoms with Gasteiger partial charge in [-0.15, -0.1) is 0 Å². The van der Waals surface area contributed by atoms with E-state index >= 15 is 0 Å². The summed E-state index contributed by atoms with van der Waals surface area (Å²) >= 11 is 0. The number of H-pyrrole nitrogens is 1. The van der Waals surface area contributed by atoms with Gasteiger partial charge in [-0.25, -0.2) is 9.18 Å². The molecule has 0 aliphatic heterocycles. The number of esters is 1. The van der Waals surface area contributed by atoms with Gasteiger partial charge in [0.05, 0.1) is 17.9 Å². The Morgan fingerprint density at radius 3 is 2.65 bits per heavy atom. The minimum atomic E-state index is -0.381. The highest BCUT2D eigenvalue weighted by molar-refractivity contribution is 5.96. The Kier molecular flexibility index (Phi) is 3.23. The van der Waals surface area contributed by atoms with Crippen LogP contribution in [0.4, 0.5) is 4.39 Å². The Balaban J connectivity index is 2.36. The Morgan fingerprint density at radius 2 is 2.00 bits per heavy atom. The van der Waals surface area contributed by atoms with E-state index in [1.165, 1.54) is 12.1 Å². The number of ether oxygens (including phenoxy) is 1. The molecule has 2 rings (SSSR count). The van der Waals surface area contributed by atoms with Crippen molar-refractivity contribution in [2.75, 3.05) is 6.61 Å². The highest BCUT2D eigenvalue weighted by Crippen LogP contribution is 2.22. The molecule has 1 N–H and O–H groups in total. The van der Waals surface area contributed by atoms with Crippen molar-refractivity contribution in [1.29, 1.82) is 0 Å². The van der Waals surface area contributed by atoms with Crippen LogP contribution in [0.15, 0.2) is 36.5 Å². The van der Waals surface area contributed by atoms with Gasteiger partial charge < -0.3 is 9.72 Å². The lowest BCUT2D eigenvalue weighted by Crippen LogP contribution is -2.04. The molecule has 1 aromatic heterocycles. The molecule has 1 aromatic carbocycles. The number of aromatic amines is 1. The maximum Gasteiger partial charge on any atom is 0.340 e. The molecule has 0 fully saturated rings. The second kappa shape index (κ2) is 4.82. The van der Waals surface area contributed by atoms with Gasteiger partial charge in [0.1, 0.15) is 5.82 Å². The third-order valence-corrected chi connectivity index (χ3v) is 2.38. The fourth-order valence-corrected chi connectivity index (χ4v) is 1.60. The van der Waals surface area contributed by atoms with Crippen LogP contribution in [0.5, 0.6) is 0 Å². The number of carbonyl (C=O) groups is 1. The molecule has 0 atom stereocenters. The van der Waals surface area contributed by atoms with Crippen molar-refractivity contribution in [2.45, 2.75) is 6.92 Å². The minimum Gasteiger partial charge on any atom is -0.462 e. The topological polar surface area (TPSA) is 42.1 Å². The lowest BCUT2D eigenvalue weighted by Gasteiger charge is -2.04. The fraction of sp³-hybridized carbons (Fsp3) is 0.154. The molecule has 1 heterocycles. The zero-order chi connectivity index (χ0) is 12.3. The smallest absolute Gasteiger partial charge is 0.340 e. The third kappa shape index (κ3) is 2.36. The summed E-state index contributed by atoms with van der Waals surface area (Å²) < 4.78 is 17.7. The number of rotatable bonds is 3. The quantitative estimate of drug-likeness (QED) is 0.828. The first-order chi connectivity index (χ1) is 8.22. The van der Waals surface area contributed by atoms with Crippen LogP contribution < -0.4 is 0 Å². The molecule has 0 radical (unpaired) electrons. The van der Waals surface area contributed by atoms with Gasteiger partial charge in [-0.1, -0.05) is 0 Å². The molecule has 0 saturated carbocycles. The Bertz CT molecular complexity index is 516. The van der Waals surface area contributed by atoms with Gasteiger partial charge in [-0.2, -0.15) is 0 Å².